The first-order valence-corrected chi connectivity index (χ1v) is 47.2. The molecule has 37 heteroatoms. The lowest BCUT2D eigenvalue weighted by Gasteiger charge is -2.41. The fourth-order valence-electron chi connectivity index (χ4n) is 20.5. The fraction of sp³-hybridized carbons (Fsp3) is 0.465. The lowest BCUT2D eigenvalue weighted by atomic mass is 9.99. The van der Waals surface area contributed by atoms with Gasteiger partial charge in [-0.3, -0.25) is 14.4 Å². The molecule has 6 saturated heterocycles. The summed E-state index contributed by atoms with van der Waals surface area (Å²) in [6.45, 7) is 39.6. The standard InChI is InChI=1S/2C34H38F3N7O2.C33H35ClF3N7O2/c1-22-8-5-9-24-10-6-12-29(30(22)24)42-15-13-27-28(20-42)39-33(46-21-25-11-7-14-41(25)4)40-31(27)43-16-17-44(26(19-43)18-38-3)32(45)23(2)34(35,36)37;1-23-7-4-8-24-9-5-11-29(31(23)24)42-16-13-27-28(21-42)39-33(46-22-25-10-6-15-41(25)3)40-32(27)43-17-18-44(26(20-43)19-38-2)30(45)12-14-34(35,36)37;1-38-18-24-19-43(16-17-44(24)29(45)11-13-33(35,36)37)31-25-12-15-42(28-10-4-7-22-6-3-9-26(34)30(22)28)20-27(25)39-32(40-31)46-21-23-8-5-14-41(23)2/h5-6,8-10,12,25-26H,2,7,11,13-21H2,1,4H3;4-5,7-9,11-12,14,25-26H,6,10,13,15-22H2,1,3H3;3-4,6-7,9-11,13,23-24H,5,8,12,14-21H2,2H3/b;14-12+;13-11+/t2*25-,26-;23-,24-/m000/s1. The number of anilines is 6. The Morgan fingerprint density at radius 2 is 0.739 bits per heavy atom. The van der Waals surface area contributed by atoms with Crippen LogP contribution in [0.25, 0.3) is 46.9 Å². The minimum atomic E-state index is -4.84. The topological polar surface area (TPSA) is 208 Å². The summed E-state index contributed by atoms with van der Waals surface area (Å²) in [7, 11) is 6.25. The van der Waals surface area contributed by atoms with Crippen molar-refractivity contribution in [2.24, 2.45) is 0 Å². The molecule has 0 saturated carbocycles. The molecule has 726 valence electrons. The van der Waals surface area contributed by atoms with Crippen LogP contribution in [0.2, 0.25) is 5.02 Å². The van der Waals surface area contributed by atoms with E-state index in [1.807, 2.05) is 45.0 Å². The van der Waals surface area contributed by atoms with Crippen molar-refractivity contribution >= 4 is 96.2 Å². The number of alkyl halides is 9. The van der Waals surface area contributed by atoms with E-state index in [2.05, 4.69) is 164 Å². The molecular formula is C101H111ClF9N21O6. The largest absolute Gasteiger partial charge is 0.462 e. The van der Waals surface area contributed by atoms with Crippen molar-refractivity contribution in [3.63, 3.8) is 0 Å². The lowest BCUT2D eigenvalue weighted by molar-refractivity contribution is -0.141. The zero-order valence-electron chi connectivity index (χ0n) is 77.8. The molecule has 6 fully saturated rings. The summed E-state index contributed by atoms with van der Waals surface area (Å²) >= 11 is 6.67. The first-order valence-electron chi connectivity index (χ1n) is 46.8. The number of carbonyl (C=O) groups is 3. The summed E-state index contributed by atoms with van der Waals surface area (Å²) in [5.41, 5.74) is 9.71. The first kappa shape index (κ1) is 98.2. The van der Waals surface area contributed by atoms with Crippen molar-refractivity contribution in [3.8, 4) is 18.0 Å². The number of ether oxygens (including phenoxy) is 3. The molecule has 6 atom stereocenters. The minimum absolute atomic E-state index is 0.0113. The van der Waals surface area contributed by atoms with Crippen LogP contribution in [0.4, 0.5) is 74.0 Å². The van der Waals surface area contributed by atoms with Gasteiger partial charge in [-0.05, 0) is 164 Å². The van der Waals surface area contributed by atoms with Crippen LogP contribution in [0, 0.1) is 33.6 Å². The van der Waals surface area contributed by atoms with Crippen molar-refractivity contribution in [2.75, 3.05) is 188 Å². The third-order valence-corrected chi connectivity index (χ3v) is 28.2. The summed E-state index contributed by atoms with van der Waals surface area (Å²) in [4.78, 5) is 102. The molecule has 0 spiro atoms. The van der Waals surface area contributed by atoms with Gasteiger partial charge in [-0.25, -0.2) is 19.7 Å². The number of piperazine rings is 3. The van der Waals surface area contributed by atoms with Gasteiger partial charge < -0.3 is 87.5 Å². The van der Waals surface area contributed by atoms with Gasteiger partial charge in [0.2, 0.25) is 31.4 Å². The van der Waals surface area contributed by atoms with Crippen molar-refractivity contribution in [3.05, 3.63) is 230 Å². The van der Waals surface area contributed by atoms with Crippen LogP contribution in [0.3, 0.4) is 0 Å². The van der Waals surface area contributed by atoms with Crippen LogP contribution in [-0.4, -0.2) is 291 Å². The zero-order valence-corrected chi connectivity index (χ0v) is 78.6. The van der Waals surface area contributed by atoms with E-state index in [-0.39, 0.29) is 108 Å². The maximum Gasteiger partial charge on any atom is 0.421 e. The van der Waals surface area contributed by atoms with Gasteiger partial charge in [-0.2, -0.15) is 69.4 Å². The SMILES string of the molecule is [C-]#[N+]C[C@H]1CN(c2nc(OC[C@@H]3CCCN3C)nc3c2CCN(c2cccc4cccc(C)c24)C3)CCN1C(=O)/C=C/C(F)(F)F.[C-]#[N+]C[C@H]1CN(c2nc(OC[C@@H]3CCCN3C)nc3c2CCN(c2cccc4cccc(C)c24)C3)CCN1C(=O)C(=C)C(F)(F)F.[C-]#[N+]C[C@H]1CN(c2nc(OC[C@@H]3CCCN3C)nc3c2CCN(c2cccc4cccc(Cl)c24)C3)CCN1C(=O)/C=C/C(F)(F)F. The Kier molecular flexibility index (Phi) is 30.4. The number of fused-ring (bicyclic) bond motifs is 6. The quantitative estimate of drug-likeness (QED) is 0.0372. The zero-order chi connectivity index (χ0) is 97.4. The van der Waals surface area contributed by atoms with E-state index in [9.17, 15) is 53.9 Å². The van der Waals surface area contributed by atoms with E-state index in [0.717, 1.165) is 138 Å². The van der Waals surface area contributed by atoms with Gasteiger partial charge in [0, 0.05) is 171 Å². The average Bonchev–Trinajstić information content (AvgIpc) is 0.848. The smallest absolute Gasteiger partial charge is 0.421 e. The second-order valence-corrected chi connectivity index (χ2v) is 37.1. The number of rotatable bonds is 21. The second kappa shape index (κ2) is 42.7. The van der Waals surface area contributed by atoms with E-state index < -0.39 is 59.9 Å². The molecule has 0 aliphatic carbocycles. The molecule has 0 radical (unpaired) electrons. The van der Waals surface area contributed by atoms with Crippen LogP contribution >= 0.6 is 11.6 Å². The number of amides is 3. The molecule has 6 aromatic carbocycles. The summed E-state index contributed by atoms with van der Waals surface area (Å²) in [6, 6.07) is 36.9. The van der Waals surface area contributed by atoms with Crippen molar-refractivity contribution in [2.45, 2.75) is 146 Å². The highest BCUT2D eigenvalue weighted by atomic mass is 35.5. The van der Waals surface area contributed by atoms with Crippen molar-refractivity contribution in [1.82, 2.24) is 59.3 Å². The van der Waals surface area contributed by atoms with Crippen molar-refractivity contribution in [1.29, 1.82) is 0 Å². The Bertz CT molecular complexity index is 5940. The normalized spacial score (nSPS) is 20.7. The van der Waals surface area contributed by atoms with Crippen LogP contribution in [-0.2, 0) is 53.3 Å². The van der Waals surface area contributed by atoms with Crippen molar-refractivity contribution < 1.29 is 68.1 Å². The number of aryl methyl sites for hydroxylation is 2. The molecule has 9 aromatic rings. The molecule has 0 N–H and O–H groups in total. The Balaban J connectivity index is 0.000000150. The van der Waals surface area contributed by atoms with Gasteiger partial charge in [0.1, 0.15) is 61.0 Å². The van der Waals surface area contributed by atoms with Gasteiger partial charge in [0.25, 0.3) is 5.91 Å². The summed E-state index contributed by atoms with van der Waals surface area (Å²) < 4.78 is 135. The van der Waals surface area contributed by atoms with Crippen LogP contribution in [0.15, 0.2) is 146 Å². The number of hydrogen-bond donors (Lipinski definition) is 0. The molecule has 0 bridgehead atoms. The molecule has 12 heterocycles. The van der Waals surface area contributed by atoms with Gasteiger partial charge in [-0.15, -0.1) is 0 Å². The van der Waals surface area contributed by atoms with E-state index in [1.54, 1.807) is 0 Å². The number of carbonyl (C=O) groups excluding carboxylic acids is 3. The third kappa shape index (κ3) is 22.6. The molecule has 138 heavy (non-hydrogen) atoms. The number of hydrogen-bond acceptors (Lipinski definition) is 21. The van der Waals surface area contributed by atoms with E-state index in [4.69, 9.17) is 75.4 Å². The first-order chi connectivity index (χ1) is 66.3. The molecular weight excluding hydrogens is 1810 g/mol. The lowest BCUT2D eigenvalue weighted by Crippen LogP contribution is -2.57. The van der Waals surface area contributed by atoms with E-state index >= 15 is 0 Å². The fourth-order valence-corrected chi connectivity index (χ4v) is 20.8. The number of nitrogens with zero attached hydrogens (tertiary/aromatic N) is 21. The van der Waals surface area contributed by atoms with Crippen LogP contribution in [0.5, 0.6) is 18.0 Å². The third-order valence-electron chi connectivity index (χ3n) is 27.8. The van der Waals surface area contributed by atoms with E-state index in [0.29, 0.717) is 119 Å². The minimum Gasteiger partial charge on any atom is -0.462 e. The molecule has 9 aliphatic rings. The van der Waals surface area contributed by atoms with Gasteiger partial charge in [-0.1, -0.05) is 103 Å². The molecule has 9 aliphatic heterocycles. The van der Waals surface area contributed by atoms with Gasteiger partial charge in [0.05, 0.1) is 41.7 Å². The highest BCUT2D eigenvalue weighted by Gasteiger charge is 2.45. The van der Waals surface area contributed by atoms with E-state index in [1.165, 1.54) is 42.5 Å². The summed E-state index contributed by atoms with van der Waals surface area (Å²) in [5.74, 6) is -0.642. The Hall–Kier alpha value is -12.8. The highest BCUT2D eigenvalue weighted by Crippen LogP contribution is 2.43. The molecule has 3 amide bonds. The Morgan fingerprint density at radius 1 is 0.420 bits per heavy atom. The Morgan fingerprint density at radius 3 is 1.07 bits per heavy atom. The summed E-state index contributed by atoms with van der Waals surface area (Å²) in [6.07, 6.45) is -4.65. The number of benzene rings is 6. The van der Waals surface area contributed by atoms with Crippen LogP contribution < -0.4 is 43.6 Å². The predicted octanol–water partition coefficient (Wildman–Crippen LogP) is 15.4. The molecule has 0 unspecified atom stereocenters. The average molecular weight is 1920 g/mol. The highest BCUT2D eigenvalue weighted by molar-refractivity contribution is 6.36. The summed E-state index contributed by atoms with van der Waals surface area (Å²) in [5, 5.41) is 7.47. The maximum absolute atomic E-state index is 13.4. The predicted molar refractivity (Wildman–Crippen MR) is 513 cm³/mol. The maximum atomic E-state index is 13.4. The Labute approximate surface area is 801 Å². The number of aromatic nitrogens is 6. The second-order valence-electron chi connectivity index (χ2n) is 36.7. The number of allylic oxidation sites excluding steroid dienone is 2. The number of halogens is 10. The molecule has 3 aromatic heterocycles. The van der Waals surface area contributed by atoms with Gasteiger partial charge in [0.15, 0.2) is 0 Å². The molecule has 27 nitrogen and oxygen atoms in total. The number of likely N-dealkylation sites (N-methyl/N-ethyl adjacent to an activating group) is 3. The van der Waals surface area contributed by atoms with Crippen LogP contribution in [0.1, 0.15) is 83.4 Å². The number of likely N-dealkylation sites (tertiary alicyclic amines) is 3. The monoisotopic (exact) mass is 1920 g/mol. The molecule has 18 rings (SSSR count). The van der Waals surface area contributed by atoms with Gasteiger partial charge >= 0.3 is 36.6 Å².